The van der Waals surface area contributed by atoms with Gasteiger partial charge in [0.05, 0.1) is 24.2 Å². The molecule has 0 aliphatic rings. The van der Waals surface area contributed by atoms with Crippen LogP contribution >= 0.6 is 27.7 Å². The normalized spacial score (nSPS) is 11.0. The molecule has 2 heterocycles. The maximum atomic E-state index is 13.2. The Morgan fingerprint density at radius 2 is 1.97 bits per heavy atom. The van der Waals surface area contributed by atoms with E-state index in [1.807, 2.05) is 31.2 Å². The summed E-state index contributed by atoms with van der Waals surface area (Å²) in [6, 6.07) is 14.4. The van der Waals surface area contributed by atoms with Gasteiger partial charge in [-0.3, -0.25) is 19.3 Å². The number of aromatic nitrogens is 4. The minimum absolute atomic E-state index is 0.0592. The van der Waals surface area contributed by atoms with Crippen molar-refractivity contribution >= 4 is 44.5 Å². The van der Waals surface area contributed by atoms with E-state index in [-0.39, 0.29) is 17.1 Å². The van der Waals surface area contributed by atoms with Crippen molar-refractivity contribution < 1.29 is 9.53 Å². The number of Topliss-reactive ketones (excluding diaryl/α,β-unsaturated/α-hetero) is 1. The molecule has 0 spiro atoms. The summed E-state index contributed by atoms with van der Waals surface area (Å²) in [5, 5.41) is 7.42. The lowest BCUT2D eigenvalue weighted by atomic mass is 10.2. The Morgan fingerprint density at radius 1 is 1.20 bits per heavy atom. The van der Waals surface area contributed by atoms with Crippen molar-refractivity contribution in [2.75, 3.05) is 12.4 Å². The zero-order valence-electron chi connectivity index (χ0n) is 16.0. The fraction of sp³-hybridized carbons (Fsp3) is 0.143. The van der Waals surface area contributed by atoms with Crippen molar-refractivity contribution in [2.45, 2.75) is 12.1 Å². The molecule has 7 nitrogen and oxygen atoms in total. The van der Waals surface area contributed by atoms with Crippen LogP contribution in [-0.4, -0.2) is 37.9 Å². The second-order valence-electron chi connectivity index (χ2n) is 6.29. The number of carbonyl (C=O) groups is 1. The number of halogens is 1. The number of ether oxygens (including phenoxy) is 1. The molecule has 4 aromatic rings. The predicted octanol–water partition coefficient (Wildman–Crippen LogP) is 4.25. The number of rotatable bonds is 7. The molecule has 0 amide bonds. The zero-order valence-corrected chi connectivity index (χ0v) is 18.4. The van der Waals surface area contributed by atoms with Crippen molar-refractivity contribution in [3.63, 3.8) is 0 Å². The molecule has 0 radical (unpaired) electrons. The van der Waals surface area contributed by atoms with Gasteiger partial charge in [-0.2, -0.15) is 5.10 Å². The average Bonchev–Trinajstić information content (AvgIpc) is 3.23. The summed E-state index contributed by atoms with van der Waals surface area (Å²) in [7, 11) is 0. The summed E-state index contributed by atoms with van der Waals surface area (Å²) in [6.45, 7) is 2.33. The first-order valence-corrected chi connectivity index (χ1v) is 11.0. The van der Waals surface area contributed by atoms with Gasteiger partial charge >= 0.3 is 0 Å². The topological polar surface area (TPSA) is 89.9 Å². The summed E-state index contributed by atoms with van der Waals surface area (Å²) >= 11 is 4.56. The fourth-order valence-corrected chi connectivity index (χ4v) is 4.11. The number of ketones is 1. The maximum Gasteiger partial charge on any atom is 0.270 e. The lowest BCUT2D eigenvalue weighted by Gasteiger charge is -2.15. The number of aromatic amines is 1. The molecule has 1 N–H and O–H groups in total. The Kier molecular flexibility index (Phi) is 6.01. The van der Waals surface area contributed by atoms with Crippen LogP contribution in [-0.2, 0) is 0 Å². The summed E-state index contributed by atoms with van der Waals surface area (Å²) in [6.07, 6.45) is 1.45. The van der Waals surface area contributed by atoms with E-state index >= 15 is 0 Å². The van der Waals surface area contributed by atoms with Gasteiger partial charge in [0.15, 0.2) is 16.6 Å². The monoisotopic (exact) mass is 484 g/mol. The maximum absolute atomic E-state index is 13.2. The van der Waals surface area contributed by atoms with Gasteiger partial charge in [0.1, 0.15) is 11.1 Å². The SMILES string of the molecule is CCOc1ccccc1-n1c(SCC(=O)c2ccc(Br)cc2)nc2[nH]ncc2c1=O. The van der Waals surface area contributed by atoms with Crippen LogP contribution in [0.4, 0.5) is 0 Å². The van der Waals surface area contributed by atoms with E-state index in [1.165, 1.54) is 22.5 Å². The molecule has 0 saturated heterocycles. The van der Waals surface area contributed by atoms with Crippen LogP contribution in [0.5, 0.6) is 5.75 Å². The molecule has 0 fully saturated rings. The fourth-order valence-electron chi connectivity index (χ4n) is 2.95. The van der Waals surface area contributed by atoms with Crippen LogP contribution in [0, 0.1) is 0 Å². The molecule has 0 atom stereocenters. The number of nitrogens with zero attached hydrogens (tertiary/aromatic N) is 3. The van der Waals surface area contributed by atoms with Crippen LogP contribution in [0.3, 0.4) is 0 Å². The smallest absolute Gasteiger partial charge is 0.270 e. The van der Waals surface area contributed by atoms with Gasteiger partial charge in [-0.15, -0.1) is 0 Å². The van der Waals surface area contributed by atoms with Gasteiger partial charge in [0.2, 0.25) is 0 Å². The van der Waals surface area contributed by atoms with Crippen molar-refractivity contribution in [1.29, 1.82) is 0 Å². The van der Waals surface area contributed by atoms with Crippen LogP contribution in [0.2, 0.25) is 0 Å². The first-order valence-electron chi connectivity index (χ1n) is 9.18. The number of hydrogen-bond donors (Lipinski definition) is 1. The Hall–Kier alpha value is -2.91. The highest BCUT2D eigenvalue weighted by Crippen LogP contribution is 2.27. The van der Waals surface area contributed by atoms with E-state index in [9.17, 15) is 9.59 Å². The van der Waals surface area contributed by atoms with Crippen molar-refractivity contribution in [1.82, 2.24) is 19.7 Å². The van der Waals surface area contributed by atoms with Gasteiger partial charge in [-0.1, -0.05) is 52.0 Å². The summed E-state index contributed by atoms with van der Waals surface area (Å²) in [5.41, 5.74) is 1.26. The minimum Gasteiger partial charge on any atom is -0.492 e. The third-order valence-electron chi connectivity index (χ3n) is 4.36. The van der Waals surface area contributed by atoms with Crippen molar-refractivity contribution in [3.8, 4) is 11.4 Å². The largest absolute Gasteiger partial charge is 0.492 e. The molecular weight excluding hydrogens is 468 g/mol. The number of H-pyrrole nitrogens is 1. The molecule has 0 saturated carbocycles. The zero-order chi connectivity index (χ0) is 21.1. The number of benzene rings is 2. The highest BCUT2D eigenvalue weighted by Gasteiger charge is 2.18. The van der Waals surface area contributed by atoms with E-state index < -0.39 is 0 Å². The van der Waals surface area contributed by atoms with E-state index in [0.29, 0.717) is 39.8 Å². The molecular formula is C21H17BrN4O3S. The number of hydrogen-bond acceptors (Lipinski definition) is 6. The molecule has 4 rings (SSSR count). The quantitative estimate of drug-likeness (QED) is 0.239. The molecule has 152 valence electrons. The van der Waals surface area contributed by atoms with Gasteiger partial charge in [0, 0.05) is 10.0 Å². The van der Waals surface area contributed by atoms with Crippen molar-refractivity contribution in [2.24, 2.45) is 0 Å². The second-order valence-corrected chi connectivity index (χ2v) is 8.14. The van der Waals surface area contributed by atoms with Gasteiger partial charge < -0.3 is 4.74 Å². The lowest BCUT2D eigenvalue weighted by Crippen LogP contribution is -2.22. The molecule has 0 unspecified atom stereocenters. The number of nitrogens with one attached hydrogen (secondary N) is 1. The Labute approximate surface area is 184 Å². The highest BCUT2D eigenvalue weighted by atomic mass is 79.9. The van der Waals surface area contributed by atoms with E-state index in [4.69, 9.17) is 4.74 Å². The van der Waals surface area contributed by atoms with Crippen molar-refractivity contribution in [3.05, 3.63) is 75.1 Å². The number of fused-ring (bicyclic) bond motifs is 1. The number of carbonyl (C=O) groups excluding carboxylic acids is 1. The molecule has 2 aromatic carbocycles. The Morgan fingerprint density at radius 3 is 2.73 bits per heavy atom. The summed E-state index contributed by atoms with van der Waals surface area (Å²) < 4.78 is 8.09. The Bertz CT molecular complexity index is 1270. The molecule has 30 heavy (non-hydrogen) atoms. The third-order valence-corrected chi connectivity index (χ3v) is 5.82. The minimum atomic E-state index is -0.278. The summed E-state index contributed by atoms with van der Waals surface area (Å²) in [4.78, 5) is 30.4. The second kappa shape index (κ2) is 8.85. The highest BCUT2D eigenvalue weighted by molar-refractivity contribution is 9.10. The number of thioether (sulfide) groups is 1. The molecule has 0 aliphatic carbocycles. The lowest BCUT2D eigenvalue weighted by molar-refractivity contribution is 0.102. The number of para-hydroxylation sites is 2. The van der Waals surface area contributed by atoms with E-state index in [0.717, 1.165) is 4.47 Å². The van der Waals surface area contributed by atoms with Crippen LogP contribution in [0.1, 0.15) is 17.3 Å². The molecule has 9 heteroatoms. The standard InChI is InChI=1S/C21H17BrN4O3S/c1-2-29-18-6-4-3-5-16(18)26-20(28)15-11-23-25-19(15)24-21(26)30-12-17(27)13-7-9-14(22)10-8-13/h3-11H,2,12H2,1H3,(H,23,25). The van der Waals surface area contributed by atoms with Crippen LogP contribution in [0.15, 0.2) is 69.2 Å². The molecule has 2 aromatic heterocycles. The Balaban J connectivity index is 1.76. The van der Waals surface area contributed by atoms with E-state index in [1.54, 1.807) is 24.3 Å². The first kappa shape index (κ1) is 20.4. The van der Waals surface area contributed by atoms with Crippen LogP contribution in [0.25, 0.3) is 16.7 Å². The average molecular weight is 485 g/mol. The van der Waals surface area contributed by atoms with Gasteiger partial charge in [-0.05, 0) is 31.2 Å². The van der Waals surface area contributed by atoms with E-state index in [2.05, 4.69) is 31.1 Å². The molecule has 0 bridgehead atoms. The molecule has 0 aliphatic heterocycles. The predicted molar refractivity (Wildman–Crippen MR) is 120 cm³/mol. The summed E-state index contributed by atoms with van der Waals surface area (Å²) in [5.74, 6) is 0.633. The van der Waals surface area contributed by atoms with Crippen LogP contribution < -0.4 is 10.3 Å². The third kappa shape index (κ3) is 4.03. The van der Waals surface area contributed by atoms with Gasteiger partial charge in [-0.25, -0.2) is 4.98 Å². The first-order chi connectivity index (χ1) is 14.6. The van der Waals surface area contributed by atoms with Gasteiger partial charge in [0.25, 0.3) is 5.56 Å².